The maximum atomic E-state index is 7.46. The molecule has 0 aliphatic carbocycles. The number of nitrogens with one attached hydrogen (secondary N) is 2. The third kappa shape index (κ3) is 11.4. The molecule has 0 heterocycles. The van der Waals surface area contributed by atoms with Crippen molar-refractivity contribution in [2.24, 2.45) is 0 Å². The molecule has 0 saturated carbocycles. The van der Waals surface area contributed by atoms with Crippen LogP contribution in [0, 0.1) is 10.8 Å². The van der Waals surface area contributed by atoms with Crippen molar-refractivity contribution in [3.8, 4) is 0 Å². The van der Waals surface area contributed by atoms with E-state index in [2.05, 4.69) is 0 Å². The Balaban J connectivity index is 3.16. The fourth-order valence-electron chi connectivity index (χ4n) is 1.77. The highest BCUT2D eigenvalue weighted by atomic mass is 16.5. The third-order valence-electron chi connectivity index (χ3n) is 2.69. The average molecular weight is 256 g/mol. The van der Waals surface area contributed by atoms with Crippen LogP contribution in [0.3, 0.4) is 0 Å². The minimum Gasteiger partial charge on any atom is -0.481 e. The Morgan fingerprint density at radius 2 is 1.00 bits per heavy atom. The highest BCUT2D eigenvalue weighted by molar-refractivity contribution is 5.72. The van der Waals surface area contributed by atoms with Gasteiger partial charge in [0.15, 0.2) is 11.8 Å². The molecule has 0 saturated heterocycles. The molecule has 0 spiro atoms. The van der Waals surface area contributed by atoms with Crippen LogP contribution in [0.15, 0.2) is 0 Å². The topological polar surface area (TPSA) is 66.2 Å². The minimum absolute atomic E-state index is 0.419. The number of ether oxygens (including phenoxy) is 2. The van der Waals surface area contributed by atoms with Crippen molar-refractivity contribution in [3.05, 3.63) is 0 Å². The van der Waals surface area contributed by atoms with Crippen LogP contribution in [0.25, 0.3) is 0 Å². The van der Waals surface area contributed by atoms with Crippen molar-refractivity contribution >= 4 is 11.8 Å². The summed E-state index contributed by atoms with van der Waals surface area (Å²) < 4.78 is 10.2. The first-order valence-electron chi connectivity index (χ1n) is 7.11. The van der Waals surface area contributed by atoms with Crippen LogP contribution in [0.1, 0.15) is 65.2 Å². The molecule has 0 aromatic carbocycles. The number of rotatable bonds is 11. The van der Waals surface area contributed by atoms with Crippen molar-refractivity contribution in [1.29, 1.82) is 10.8 Å². The van der Waals surface area contributed by atoms with Gasteiger partial charge in [-0.15, -0.1) is 0 Å². The normalized spacial score (nSPS) is 10.1. The van der Waals surface area contributed by atoms with Gasteiger partial charge in [-0.3, -0.25) is 10.8 Å². The number of hydrogen-bond acceptors (Lipinski definition) is 4. The molecule has 0 fully saturated rings. The van der Waals surface area contributed by atoms with E-state index < -0.39 is 0 Å². The molecule has 0 aromatic heterocycles. The van der Waals surface area contributed by atoms with E-state index in [0.717, 1.165) is 25.7 Å². The van der Waals surface area contributed by atoms with Gasteiger partial charge in [0.1, 0.15) is 0 Å². The van der Waals surface area contributed by atoms with E-state index in [-0.39, 0.29) is 0 Å². The quantitative estimate of drug-likeness (QED) is 0.331. The zero-order valence-corrected chi connectivity index (χ0v) is 11.9. The second-order valence-electron chi connectivity index (χ2n) is 4.33. The summed E-state index contributed by atoms with van der Waals surface area (Å²) in [5.41, 5.74) is 0. The van der Waals surface area contributed by atoms with Crippen molar-refractivity contribution in [3.63, 3.8) is 0 Å². The van der Waals surface area contributed by atoms with Crippen LogP contribution in [0.5, 0.6) is 0 Å². The van der Waals surface area contributed by atoms with Crippen LogP contribution < -0.4 is 0 Å². The van der Waals surface area contributed by atoms with Gasteiger partial charge in [-0.25, -0.2) is 0 Å². The van der Waals surface area contributed by atoms with Gasteiger partial charge in [0.2, 0.25) is 0 Å². The van der Waals surface area contributed by atoms with E-state index in [1.807, 2.05) is 13.8 Å². The molecule has 106 valence electrons. The summed E-state index contributed by atoms with van der Waals surface area (Å²) in [6, 6.07) is 0. The van der Waals surface area contributed by atoms with Crippen molar-refractivity contribution in [2.75, 3.05) is 13.2 Å². The lowest BCUT2D eigenvalue weighted by atomic mass is 10.1. The largest absolute Gasteiger partial charge is 0.481 e. The van der Waals surface area contributed by atoms with Gasteiger partial charge in [0.05, 0.1) is 13.2 Å². The predicted molar refractivity (Wildman–Crippen MR) is 75.6 cm³/mol. The molecule has 4 nitrogen and oxygen atoms in total. The van der Waals surface area contributed by atoms with E-state index in [9.17, 15) is 0 Å². The monoisotopic (exact) mass is 256 g/mol. The Morgan fingerprint density at radius 3 is 1.33 bits per heavy atom. The van der Waals surface area contributed by atoms with Crippen LogP contribution in [-0.4, -0.2) is 25.0 Å². The summed E-state index contributed by atoms with van der Waals surface area (Å²) in [5.74, 6) is 0.838. The Kier molecular flexibility index (Phi) is 11.7. The van der Waals surface area contributed by atoms with Gasteiger partial charge in [0.25, 0.3) is 0 Å². The second-order valence-corrected chi connectivity index (χ2v) is 4.33. The zero-order chi connectivity index (χ0) is 13.6. The first-order valence-corrected chi connectivity index (χ1v) is 7.11. The fourth-order valence-corrected chi connectivity index (χ4v) is 1.77. The average Bonchev–Trinajstić information content (AvgIpc) is 2.33. The Labute approximate surface area is 111 Å². The Morgan fingerprint density at radius 1 is 0.667 bits per heavy atom. The first-order chi connectivity index (χ1) is 8.70. The molecule has 0 aliphatic rings. The lowest BCUT2D eigenvalue weighted by Crippen LogP contribution is -2.02. The number of unbranched alkanes of at least 4 members (excludes halogenated alkanes) is 5. The van der Waals surface area contributed by atoms with Crippen molar-refractivity contribution in [1.82, 2.24) is 0 Å². The zero-order valence-electron chi connectivity index (χ0n) is 11.9. The lowest BCUT2D eigenvalue weighted by Gasteiger charge is -2.05. The van der Waals surface area contributed by atoms with Gasteiger partial charge in [-0.05, 0) is 26.7 Å². The molecular weight excluding hydrogens is 228 g/mol. The van der Waals surface area contributed by atoms with Crippen molar-refractivity contribution in [2.45, 2.75) is 65.2 Å². The highest BCUT2D eigenvalue weighted by Crippen LogP contribution is 2.09. The maximum Gasteiger partial charge on any atom is 0.180 e. The molecule has 0 rings (SSSR count). The smallest absolute Gasteiger partial charge is 0.180 e. The number of hydrogen-bond donors (Lipinski definition) is 2. The molecule has 0 aliphatic heterocycles. The standard InChI is InChI=1S/C14H28N2O2/c1-3-17-13(15)11-9-7-5-6-8-10-12-14(16)18-4-2/h15-16H,3-12H2,1-2H3. The molecule has 0 atom stereocenters. The third-order valence-corrected chi connectivity index (χ3v) is 2.69. The summed E-state index contributed by atoms with van der Waals surface area (Å²) in [6.07, 6.45) is 8.38. The summed E-state index contributed by atoms with van der Waals surface area (Å²) in [7, 11) is 0. The van der Waals surface area contributed by atoms with Gasteiger partial charge in [-0.1, -0.05) is 25.7 Å². The lowest BCUT2D eigenvalue weighted by molar-refractivity contribution is 0.311. The van der Waals surface area contributed by atoms with Gasteiger partial charge in [0, 0.05) is 12.8 Å². The molecule has 0 amide bonds. The first kappa shape index (κ1) is 16.9. The summed E-state index contributed by atoms with van der Waals surface area (Å²) in [6.45, 7) is 5.03. The fraction of sp³-hybridized carbons (Fsp3) is 0.857. The van der Waals surface area contributed by atoms with E-state index in [1.165, 1.54) is 25.7 Å². The summed E-state index contributed by atoms with van der Waals surface area (Å²) in [4.78, 5) is 0. The maximum absolute atomic E-state index is 7.46. The van der Waals surface area contributed by atoms with E-state index >= 15 is 0 Å². The van der Waals surface area contributed by atoms with Crippen molar-refractivity contribution < 1.29 is 9.47 Å². The summed E-state index contributed by atoms with van der Waals surface area (Å²) >= 11 is 0. The van der Waals surface area contributed by atoms with Crippen LogP contribution >= 0.6 is 0 Å². The second kappa shape index (κ2) is 12.4. The molecular formula is C14H28N2O2. The molecule has 0 bridgehead atoms. The Hall–Kier alpha value is -1.06. The van der Waals surface area contributed by atoms with Crippen LogP contribution in [-0.2, 0) is 9.47 Å². The molecule has 4 heteroatoms. The predicted octanol–water partition coefficient (Wildman–Crippen LogP) is 4.13. The molecule has 0 aromatic rings. The van der Waals surface area contributed by atoms with Crippen LogP contribution in [0.2, 0.25) is 0 Å². The van der Waals surface area contributed by atoms with E-state index in [0.29, 0.717) is 25.0 Å². The molecule has 2 N–H and O–H groups in total. The van der Waals surface area contributed by atoms with Crippen LogP contribution in [0.4, 0.5) is 0 Å². The minimum atomic E-state index is 0.419. The van der Waals surface area contributed by atoms with Gasteiger partial charge in [-0.2, -0.15) is 0 Å². The SMILES string of the molecule is CCOC(=N)CCCCCCCCC(=N)OCC. The Bertz CT molecular complexity index is 206. The van der Waals surface area contributed by atoms with E-state index in [1.54, 1.807) is 0 Å². The highest BCUT2D eigenvalue weighted by Gasteiger charge is 1.98. The molecule has 0 radical (unpaired) electrons. The molecule has 0 unspecified atom stereocenters. The summed E-state index contributed by atoms with van der Waals surface area (Å²) in [5, 5.41) is 14.9. The van der Waals surface area contributed by atoms with E-state index in [4.69, 9.17) is 20.3 Å². The molecule has 18 heavy (non-hydrogen) atoms. The van der Waals surface area contributed by atoms with Gasteiger partial charge < -0.3 is 9.47 Å². The van der Waals surface area contributed by atoms with Gasteiger partial charge >= 0.3 is 0 Å².